The predicted molar refractivity (Wildman–Crippen MR) is 144 cm³/mol. The van der Waals surface area contributed by atoms with Crippen LogP contribution in [0.1, 0.15) is 43.0 Å². The van der Waals surface area contributed by atoms with Crippen LogP contribution in [-0.2, 0) is 4.79 Å². The first-order valence-electron chi connectivity index (χ1n) is 12.8. The number of nitrogens with zero attached hydrogens (tertiary/aromatic N) is 1. The minimum Gasteiger partial charge on any atom is -0.494 e. The zero-order valence-corrected chi connectivity index (χ0v) is 21.1. The number of amides is 1. The fourth-order valence-corrected chi connectivity index (χ4v) is 5.07. The minimum atomic E-state index is -0.800. The van der Waals surface area contributed by atoms with Gasteiger partial charge in [0.2, 0.25) is 5.91 Å². The molecular formula is C32H29F2NO3. The van der Waals surface area contributed by atoms with Gasteiger partial charge >= 0.3 is 0 Å². The van der Waals surface area contributed by atoms with Gasteiger partial charge in [0.05, 0.1) is 24.7 Å². The average Bonchev–Trinajstić information content (AvgIpc) is 2.94. The standard InChI is InChI=1S/C32H29F2NO3/c1-2-38-28-17-9-22(10-18-28)21-3-5-24(6-4-21)31-29(19-20-30(36)23-7-11-25(33)12-8-23)32(37)35(31)27-15-13-26(34)14-16-27/h3-18,29-31,36H,2,19-20H2,1H3/t29-,30+,31-/m1/s1. The van der Waals surface area contributed by atoms with E-state index in [0.717, 1.165) is 22.4 Å². The molecule has 0 aliphatic carbocycles. The number of benzene rings is 4. The van der Waals surface area contributed by atoms with E-state index in [0.29, 0.717) is 30.7 Å². The number of rotatable bonds is 9. The molecule has 1 N–H and O–H groups in total. The van der Waals surface area contributed by atoms with Crippen molar-refractivity contribution in [2.24, 2.45) is 5.92 Å². The summed E-state index contributed by atoms with van der Waals surface area (Å²) in [5.41, 5.74) is 4.31. The highest BCUT2D eigenvalue weighted by Gasteiger charge is 2.48. The van der Waals surface area contributed by atoms with Gasteiger partial charge in [-0.2, -0.15) is 0 Å². The van der Waals surface area contributed by atoms with Gasteiger partial charge in [-0.3, -0.25) is 4.79 Å². The Hall–Kier alpha value is -4.03. The van der Waals surface area contributed by atoms with Crippen molar-refractivity contribution in [3.05, 3.63) is 120 Å². The summed E-state index contributed by atoms with van der Waals surface area (Å²) < 4.78 is 32.4. The normalized spacial score (nSPS) is 17.7. The molecule has 0 aromatic heterocycles. The summed E-state index contributed by atoms with van der Waals surface area (Å²) in [6, 6.07) is 27.4. The number of carbonyl (C=O) groups excluding carboxylic acids is 1. The van der Waals surface area contributed by atoms with Gasteiger partial charge in [-0.15, -0.1) is 0 Å². The SMILES string of the molecule is CCOc1ccc(-c2ccc([C@@H]3[C@@H](CC[C@H](O)c4ccc(F)cc4)C(=O)N3c3ccc(F)cc3)cc2)cc1. The Morgan fingerprint density at radius 3 is 1.95 bits per heavy atom. The van der Waals surface area contributed by atoms with Gasteiger partial charge < -0.3 is 14.7 Å². The smallest absolute Gasteiger partial charge is 0.233 e. The maximum Gasteiger partial charge on any atom is 0.233 e. The van der Waals surface area contributed by atoms with Crippen molar-refractivity contribution in [3.8, 4) is 16.9 Å². The number of aliphatic hydroxyl groups is 1. The van der Waals surface area contributed by atoms with Crippen molar-refractivity contribution in [1.29, 1.82) is 0 Å². The molecule has 194 valence electrons. The van der Waals surface area contributed by atoms with Gasteiger partial charge in [0.1, 0.15) is 17.4 Å². The van der Waals surface area contributed by atoms with Crippen LogP contribution in [-0.4, -0.2) is 17.6 Å². The Bertz CT molecular complexity index is 1370. The Kier molecular flexibility index (Phi) is 7.52. The summed E-state index contributed by atoms with van der Waals surface area (Å²) in [6.07, 6.45) is 0.0198. The molecule has 1 heterocycles. The van der Waals surface area contributed by atoms with Crippen LogP contribution < -0.4 is 9.64 Å². The molecule has 1 aliphatic rings. The molecule has 0 saturated carbocycles. The highest BCUT2D eigenvalue weighted by atomic mass is 19.1. The number of carbonyl (C=O) groups is 1. The van der Waals surface area contributed by atoms with Crippen molar-refractivity contribution < 1.29 is 23.4 Å². The van der Waals surface area contributed by atoms with Gasteiger partial charge in [0.15, 0.2) is 0 Å². The lowest BCUT2D eigenvalue weighted by Crippen LogP contribution is -2.55. The van der Waals surface area contributed by atoms with Crippen LogP contribution in [0.3, 0.4) is 0 Å². The van der Waals surface area contributed by atoms with Crippen molar-refractivity contribution in [2.45, 2.75) is 31.9 Å². The molecule has 0 spiro atoms. The molecule has 0 bridgehead atoms. The number of halogens is 2. The van der Waals surface area contributed by atoms with E-state index in [-0.39, 0.29) is 29.5 Å². The first-order valence-corrected chi connectivity index (χ1v) is 12.8. The first-order chi connectivity index (χ1) is 18.4. The third-order valence-electron chi connectivity index (χ3n) is 7.08. The number of hydrogen-bond donors (Lipinski definition) is 1. The molecule has 6 heteroatoms. The van der Waals surface area contributed by atoms with Gasteiger partial charge in [-0.05, 0) is 90.6 Å². The van der Waals surface area contributed by atoms with Crippen LogP contribution in [0.2, 0.25) is 0 Å². The van der Waals surface area contributed by atoms with Gasteiger partial charge in [-0.1, -0.05) is 48.5 Å². The van der Waals surface area contributed by atoms with Crippen LogP contribution in [0.15, 0.2) is 97.1 Å². The number of ether oxygens (including phenoxy) is 1. The molecule has 4 nitrogen and oxygen atoms in total. The van der Waals surface area contributed by atoms with E-state index in [1.54, 1.807) is 29.2 Å². The van der Waals surface area contributed by atoms with E-state index in [1.807, 2.05) is 55.5 Å². The Labute approximate surface area is 221 Å². The van der Waals surface area contributed by atoms with Crippen LogP contribution in [0, 0.1) is 17.6 Å². The minimum absolute atomic E-state index is 0.0662. The molecule has 1 aliphatic heterocycles. The molecule has 38 heavy (non-hydrogen) atoms. The summed E-state index contributed by atoms with van der Waals surface area (Å²) >= 11 is 0. The number of hydrogen-bond acceptors (Lipinski definition) is 3. The third kappa shape index (κ3) is 5.31. The van der Waals surface area contributed by atoms with E-state index in [2.05, 4.69) is 0 Å². The van der Waals surface area contributed by atoms with E-state index in [1.165, 1.54) is 24.3 Å². The third-order valence-corrected chi connectivity index (χ3v) is 7.08. The van der Waals surface area contributed by atoms with Gasteiger partial charge in [0, 0.05) is 5.69 Å². The molecular weight excluding hydrogens is 484 g/mol. The molecule has 1 saturated heterocycles. The number of aliphatic hydroxyl groups excluding tert-OH is 1. The van der Waals surface area contributed by atoms with E-state index < -0.39 is 6.10 Å². The summed E-state index contributed by atoms with van der Waals surface area (Å²) in [5, 5.41) is 10.7. The van der Waals surface area contributed by atoms with Crippen LogP contribution in [0.25, 0.3) is 11.1 Å². The zero-order valence-electron chi connectivity index (χ0n) is 21.1. The highest BCUT2D eigenvalue weighted by Crippen LogP contribution is 2.46. The molecule has 1 amide bonds. The Morgan fingerprint density at radius 2 is 1.37 bits per heavy atom. The lowest BCUT2D eigenvalue weighted by molar-refractivity contribution is -0.131. The van der Waals surface area contributed by atoms with E-state index in [4.69, 9.17) is 4.74 Å². The lowest BCUT2D eigenvalue weighted by atomic mass is 9.78. The predicted octanol–water partition coefficient (Wildman–Crippen LogP) is 7.25. The molecule has 0 radical (unpaired) electrons. The van der Waals surface area contributed by atoms with Gasteiger partial charge in [0.25, 0.3) is 0 Å². The second-order valence-electron chi connectivity index (χ2n) is 9.46. The van der Waals surface area contributed by atoms with Crippen molar-refractivity contribution in [3.63, 3.8) is 0 Å². The fourth-order valence-electron chi connectivity index (χ4n) is 5.07. The zero-order chi connectivity index (χ0) is 26.6. The molecule has 0 unspecified atom stereocenters. The van der Waals surface area contributed by atoms with E-state index in [9.17, 15) is 18.7 Å². The largest absolute Gasteiger partial charge is 0.494 e. The molecule has 3 atom stereocenters. The van der Waals surface area contributed by atoms with Crippen molar-refractivity contribution in [1.82, 2.24) is 0 Å². The molecule has 4 aromatic carbocycles. The topological polar surface area (TPSA) is 49.8 Å². The summed E-state index contributed by atoms with van der Waals surface area (Å²) in [6.45, 7) is 2.56. The van der Waals surface area contributed by atoms with Gasteiger partial charge in [-0.25, -0.2) is 8.78 Å². The quantitative estimate of drug-likeness (QED) is 0.240. The van der Waals surface area contributed by atoms with E-state index >= 15 is 0 Å². The summed E-state index contributed by atoms with van der Waals surface area (Å²) in [4.78, 5) is 15.0. The fraction of sp³-hybridized carbons (Fsp3) is 0.219. The van der Waals surface area contributed by atoms with Crippen LogP contribution >= 0.6 is 0 Å². The highest BCUT2D eigenvalue weighted by molar-refractivity contribution is 6.03. The number of anilines is 1. The molecule has 5 rings (SSSR count). The van der Waals surface area contributed by atoms with Crippen molar-refractivity contribution in [2.75, 3.05) is 11.5 Å². The second-order valence-corrected chi connectivity index (χ2v) is 9.46. The Balaban J connectivity index is 1.37. The van der Waals surface area contributed by atoms with Crippen LogP contribution in [0.4, 0.5) is 14.5 Å². The average molecular weight is 514 g/mol. The second kappa shape index (κ2) is 11.2. The maximum absolute atomic E-state index is 13.6. The first kappa shape index (κ1) is 25.6. The molecule has 1 fully saturated rings. The maximum atomic E-state index is 13.6. The number of β-lactam (4-membered cyclic amide) rings is 1. The van der Waals surface area contributed by atoms with Crippen LogP contribution in [0.5, 0.6) is 5.75 Å². The summed E-state index contributed by atoms with van der Waals surface area (Å²) in [5.74, 6) is -0.313. The summed E-state index contributed by atoms with van der Waals surface area (Å²) in [7, 11) is 0. The van der Waals surface area contributed by atoms with Crippen molar-refractivity contribution >= 4 is 11.6 Å². The molecule has 4 aromatic rings. The Morgan fingerprint density at radius 1 is 0.816 bits per heavy atom. The monoisotopic (exact) mass is 513 g/mol. The lowest BCUT2D eigenvalue weighted by Gasteiger charge is -2.48.